The zero-order chi connectivity index (χ0) is 18.4. The maximum Gasteiger partial charge on any atom is 0.0720 e. The molecule has 0 unspecified atom stereocenters. The highest BCUT2D eigenvalue weighted by molar-refractivity contribution is 5.22. The molecule has 1 N–H and O–H groups in total. The van der Waals surface area contributed by atoms with Gasteiger partial charge in [0.05, 0.1) is 12.7 Å². The summed E-state index contributed by atoms with van der Waals surface area (Å²) in [6.07, 6.45) is 1.51. The smallest absolute Gasteiger partial charge is 0.0720 e. The Hall–Kier alpha value is -0.860. The fraction of sp³-hybridized carbons (Fsp3) is 0.727. The van der Waals surface area contributed by atoms with Crippen molar-refractivity contribution in [1.29, 1.82) is 0 Å². The number of benzene rings is 1. The molecule has 0 saturated carbocycles. The van der Waals surface area contributed by atoms with Crippen LogP contribution in [-0.4, -0.2) is 12.6 Å². The van der Waals surface area contributed by atoms with E-state index >= 15 is 0 Å². The summed E-state index contributed by atoms with van der Waals surface area (Å²) in [4.78, 5) is 0. The molecule has 1 rings (SSSR count). The second-order valence-electron chi connectivity index (χ2n) is 9.26. The van der Waals surface area contributed by atoms with Gasteiger partial charge in [-0.15, -0.1) is 0 Å². The monoisotopic (exact) mass is 333 g/mol. The first-order chi connectivity index (χ1) is 11.0. The van der Waals surface area contributed by atoms with Crippen molar-refractivity contribution in [3.05, 3.63) is 35.4 Å². The van der Waals surface area contributed by atoms with Gasteiger partial charge in [0.15, 0.2) is 0 Å². The molecule has 1 aromatic rings. The highest BCUT2D eigenvalue weighted by Gasteiger charge is 2.30. The minimum Gasteiger partial charge on any atom is -0.374 e. The zero-order valence-electron chi connectivity index (χ0n) is 17.2. The third-order valence-electron chi connectivity index (χ3n) is 5.04. The third kappa shape index (κ3) is 7.81. The van der Waals surface area contributed by atoms with Crippen molar-refractivity contribution in [2.75, 3.05) is 6.54 Å². The van der Waals surface area contributed by atoms with E-state index in [0.717, 1.165) is 13.1 Å². The predicted octanol–water partition coefficient (Wildman–Crippen LogP) is 5.80. The van der Waals surface area contributed by atoms with Gasteiger partial charge in [-0.1, -0.05) is 65.8 Å². The first-order valence-corrected chi connectivity index (χ1v) is 9.42. The summed E-state index contributed by atoms with van der Waals surface area (Å²) in [7, 11) is 0. The van der Waals surface area contributed by atoms with Crippen LogP contribution in [0.15, 0.2) is 24.3 Å². The summed E-state index contributed by atoms with van der Waals surface area (Å²) in [6, 6.07) is 8.76. The third-order valence-corrected chi connectivity index (χ3v) is 5.04. The van der Waals surface area contributed by atoms with Crippen LogP contribution in [0.3, 0.4) is 0 Å². The van der Waals surface area contributed by atoms with Gasteiger partial charge in [0.1, 0.15) is 0 Å². The standard InChI is InChI=1S/C22H39NO/c1-17(2)22(7,8)15-21(5,6)16-23-13-19-9-11-20(12-10-19)14-24-18(3)4/h9-12,17-18,23H,13-16H2,1-8H3. The molecule has 2 heteroatoms. The van der Waals surface area contributed by atoms with E-state index in [1.54, 1.807) is 0 Å². The molecule has 0 saturated heterocycles. The molecule has 24 heavy (non-hydrogen) atoms. The average Bonchev–Trinajstić information content (AvgIpc) is 2.45. The van der Waals surface area contributed by atoms with Gasteiger partial charge in [0.25, 0.3) is 0 Å². The summed E-state index contributed by atoms with van der Waals surface area (Å²) in [6.45, 7) is 21.0. The fourth-order valence-electron chi connectivity index (χ4n) is 3.06. The molecular formula is C22H39NO. The molecule has 0 heterocycles. The predicted molar refractivity (Wildman–Crippen MR) is 105 cm³/mol. The minimum absolute atomic E-state index is 0.281. The lowest BCUT2D eigenvalue weighted by molar-refractivity contribution is 0.0657. The highest BCUT2D eigenvalue weighted by Crippen LogP contribution is 2.38. The van der Waals surface area contributed by atoms with Crippen molar-refractivity contribution in [1.82, 2.24) is 5.32 Å². The topological polar surface area (TPSA) is 21.3 Å². The van der Waals surface area contributed by atoms with Crippen LogP contribution >= 0.6 is 0 Å². The van der Waals surface area contributed by atoms with E-state index in [1.807, 2.05) is 0 Å². The van der Waals surface area contributed by atoms with Crippen molar-refractivity contribution in [3.8, 4) is 0 Å². The molecule has 0 aliphatic rings. The van der Waals surface area contributed by atoms with Crippen molar-refractivity contribution < 1.29 is 4.74 Å². The van der Waals surface area contributed by atoms with Crippen LogP contribution in [0.2, 0.25) is 0 Å². The maximum atomic E-state index is 5.64. The Labute approximate surface area is 150 Å². The van der Waals surface area contributed by atoms with E-state index in [4.69, 9.17) is 4.74 Å². The van der Waals surface area contributed by atoms with E-state index < -0.39 is 0 Å². The number of ether oxygens (including phenoxy) is 1. The number of hydrogen-bond donors (Lipinski definition) is 1. The summed E-state index contributed by atoms with van der Waals surface area (Å²) in [5.41, 5.74) is 3.26. The lowest BCUT2D eigenvalue weighted by Crippen LogP contribution is -2.35. The van der Waals surface area contributed by atoms with Gasteiger partial charge in [-0.3, -0.25) is 0 Å². The van der Waals surface area contributed by atoms with Crippen LogP contribution in [0.25, 0.3) is 0 Å². The van der Waals surface area contributed by atoms with Crippen LogP contribution in [0.1, 0.15) is 72.9 Å². The Kier molecular flexibility index (Phi) is 7.95. The molecule has 0 atom stereocenters. The Morgan fingerprint density at radius 3 is 1.96 bits per heavy atom. The van der Waals surface area contributed by atoms with Crippen molar-refractivity contribution >= 4 is 0 Å². The van der Waals surface area contributed by atoms with Gasteiger partial charge in [-0.2, -0.15) is 0 Å². The molecule has 0 spiro atoms. The van der Waals surface area contributed by atoms with Crippen molar-refractivity contribution in [2.24, 2.45) is 16.7 Å². The van der Waals surface area contributed by atoms with Crippen LogP contribution in [0.5, 0.6) is 0 Å². The summed E-state index contributed by atoms with van der Waals surface area (Å²) < 4.78 is 5.64. The summed E-state index contributed by atoms with van der Waals surface area (Å²) >= 11 is 0. The number of hydrogen-bond acceptors (Lipinski definition) is 2. The first kappa shape index (κ1) is 21.2. The second kappa shape index (κ2) is 9.01. The molecule has 0 radical (unpaired) electrons. The molecule has 0 bridgehead atoms. The molecule has 1 aromatic carbocycles. The largest absolute Gasteiger partial charge is 0.374 e. The van der Waals surface area contributed by atoms with E-state index in [1.165, 1.54) is 17.5 Å². The normalized spacial score (nSPS) is 13.1. The lowest BCUT2D eigenvalue weighted by Gasteiger charge is -2.38. The fourth-order valence-corrected chi connectivity index (χ4v) is 3.06. The second-order valence-corrected chi connectivity index (χ2v) is 9.26. The van der Waals surface area contributed by atoms with Gasteiger partial charge in [-0.05, 0) is 48.1 Å². The average molecular weight is 334 g/mol. The van der Waals surface area contributed by atoms with Crippen molar-refractivity contribution in [3.63, 3.8) is 0 Å². The highest BCUT2D eigenvalue weighted by atomic mass is 16.5. The molecule has 0 fully saturated rings. The van der Waals surface area contributed by atoms with Gasteiger partial charge in [0.2, 0.25) is 0 Å². The van der Waals surface area contributed by atoms with E-state index in [2.05, 4.69) is 85.0 Å². The van der Waals surface area contributed by atoms with Gasteiger partial charge in [-0.25, -0.2) is 0 Å². The summed E-state index contributed by atoms with van der Waals surface area (Å²) in [5, 5.41) is 3.64. The molecule has 0 aromatic heterocycles. The van der Waals surface area contributed by atoms with Crippen molar-refractivity contribution in [2.45, 2.75) is 81.1 Å². The van der Waals surface area contributed by atoms with Gasteiger partial charge >= 0.3 is 0 Å². The van der Waals surface area contributed by atoms with Gasteiger partial charge in [0, 0.05) is 13.1 Å². The molecule has 2 nitrogen and oxygen atoms in total. The molecule has 0 aliphatic carbocycles. The van der Waals surface area contributed by atoms with Crippen LogP contribution in [0.4, 0.5) is 0 Å². The first-order valence-electron chi connectivity index (χ1n) is 9.42. The molecule has 0 amide bonds. The Morgan fingerprint density at radius 2 is 1.46 bits per heavy atom. The Bertz CT molecular complexity index is 471. The zero-order valence-corrected chi connectivity index (χ0v) is 17.2. The van der Waals surface area contributed by atoms with Crippen LogP contribution < -0.4 is 5.32 Å². The number of rotatable bonds is 10. The van der Waals surface area contributed by atoms with Crippen LogP contribution in [0, 0.1) is 16.7 Å². The maximum absolute atomic E-state index is 5.64. The Morgan fingerprint density at radius 1 is 0.917 bits per heavy atom. The number of nitrogens with one attached hydrogen (secondary N) is 1. The molecular weight excluding hydrogens is 294 g/mol. The lowest BCUT2D eigenvalue weighted by atomic mass is 9.69. The van der Waals surface area contributed by atoms with E-state index in [9.17, 15) is 0 Å². The summed E-state index contributed by atoms with van der Waals surface area (Å²) in [5.74, 6) is 0.706. The Balaban J connectivity index is 2.43. The van der Waals surface area contributed by atoms with E-state index in [0.29, 0.717) is 23.4 Å². The molecule has 138 valence electrons. The SMILES string of the molecule is CC(C)OCc1ccc(CNCC(C)(C)CC(C)(C)C(C)C)cc1. The molecule has 0 aliphatic heterocycles. The minimum atomic E-state index is 0.281. The van der Waals surface area contributed by atoms with Gasteiger partial charge < -0.3 is 10.1 Å². The van der Waals surface area contributed by atoms with Crippen LogP contribution in [-0.2, 0) is 17.9 Å². The van der Waals surface area contributed by atoms with E-state index in [-0.39, 0.29) is 6.10 Å². The quantitative estimate of drug-likeness (QED) is 0.584.